The van der Waals surface area contributed by atoms with Crippen LogP contribution in [0.1, 0.15) is 16.1 Å². The second-order valence-electron chi connectivity index (χ2n) is 1.91. The van der Waals surface area contributed by atoms with Crippen molar-refractivity contribution in [1.82, 2.24) is 9.97 Å². The van der Waals surface area contributed by atoms with E-state index in [0.29, 0.717) is 5.69 Å². The van der Waals surface area contributed by atoms with E-state index >= 15 is 0 Å². The Kier molecular flexibility index (Phi) is 3.16. The van der Waals surface area contributed by atoms with E-state index in [0.717, 1.165) is 9.26 Å². The molecule has 0 bridgehead atoms. The van der Waals surface area contributed by atoms with E-state index in [1.54, 1.807) is 22.6 Å². The molecule has 1 heterocycles. The zero-order chi connectivity index (χ0) is 8.43. The number of nitrogens with zero attached hydrogens (tertiary/aromatic N) is 2. The van der Waals surface area contributed by atoms with E-state index in [1.165, 1.54) is 6.33 Å². The number of hydrogen-bond acceptors (Lipinski definition) is 3. The fraction of sp³-hybridized carbons (Fsp3) is 0.167. The van der Waals surface area contributed by atoms with E-state index < -0.39 is 0 Å². The van der Waals surface area contributed by atoms with Gasteiger partial charge in [0.15, 0.2) is 0 Å². The van der Waals surface area contributed by atoms with Gasteiger partial charge >= 0.3 is 0 Å². The Morgan fingerprint density at radius 1 is 1.55 bits per heavy atom. The first kappa shape index (κ1) is 9.30. The molecular weight excluding hydrogens is 370 g/mol. The summed E-state index contributed by atoms with van der Waals surface area (Å²) in [4.78, 5) is 18.7. The lowest BCUT2D eigenvalue weighted by molar-refractivity contribution is 0.110. The Morgan fingerprint density at radius 3 is 2.64 bits per heavy atom. The van der Waals surface area contributed by atoms with E-state index in [4.69, 9.17) is 0 Å². The highest BCUT2D eigenvalue weighted by Crippen LogP contribution is 2.13. The Bertz CT molecular complexity index is 301. The minimum absolute atomic E-state index is 0.0413. The molecule has 0 spiro atoms. The minimum Gasteiger partial charge on any atom is -0.280 e. The van der Waals surface area contributed by atoms with Gasteiger partial charge in [0.2, 0.25) is 3.79 Å². The molecule has 0 amide bonds. The van der Waals surface area contributed by atoms with Crippen LogP contribution in [0.5, 0.6) is 0 Å². The fourth-order valence-corrected chi connectivity index (χ4v) is 1.55. The maximum atomic E-state index is 10.9. The van der Waals surface area contributed by atoms with Crippen molar-refractivity contribution < 1.29 is 4.79 Å². The predicted octanol–water partition coefficient (Wildman–Crippen LogP) is 1.96. The first-order chi connectivity index (χ1) is 5.13. The van der Waals surface area contributed by atoms with Gasteiger partial charge in [-0.2, -0.15) is 0 Å². The molecule has 0 fully saturated rings. The quantitative estimate of drug-likeness (QED) is 0.429. The zero-order valence-corrected chi connectivity index (χ0v) is 9.95. The molecule has 11 heavy (non-hydrogen) atoms. The molecule has 0 unspecified atom stereocenters. The molecule has 0 atom stereocenters. The van der Waals surface area contributed by atoms with E-state index in [9.17, 15) is 4.79 Å². The van der Waals surface area contributed by atoms with Crippen molar-refractivity contribution in [2.75, 3.05) is 0 Å². The highest BCUT2D eigenvalue weighted by atomic mass is 127. The summed E-state index contributed by atoms with van der Waals surface area (Å²) < 4.78 is 0.790. The first-order valence-corrected chi connectivity index (χ1v) is 4.95. The van der Waals surface area contributed by atoms with Gasteiger partial charge in [0.05, 0.1) is 0 Å². The van der Waals surface area contributed by atoms with Crippen molar-refractivity contribution in [1.29, 1.82) is 0 Å². The first-order valence-electron chi connectivity index (χ1n) is 2.80. The van der Waals surface area contributed by atoms with Crippen LogP contribution in [0.25, 0.3) is 0 Å². The van der Waals surface area contributed by atoms with Crippen molar-refractivity contribution >= 4 is 49.0 Å². The van der Waals surface area contributed by atoms with Crippen molar-refractivity contribution in [2.45, 2.75) is 6.92 Å². The smallest absolute Gasteiger partial charge is 0.241 e. The van der Waals surface area contributed by atoms with E-state index in [1.807, 2.05) is 6.92 Å². The third kappa shape index (κ3) is 2.08. The molecule has 0 aromatic carbocycles. The second-order valence-corrected chi connectivity index (χ2v) is 3.91. The highest BCUT2D eigenvalue weighted by molar-refractivity contribution is 14.1. The molecule has 1 rings (SSSR count). The van der Waals surface area contributed by atoms with Crippen molar-refractivity contribution in [3.63, 3.8) is 0 Å². The Morgan fingerprint density at radius 2 is 2.18 bits per heavy atom. The van der Waals surface area contributed by atoms with Gasteiger partial charge in [-0.05, 0) is 29.5 Å². The van der Waals surface area contributed by atoms with Gasteiger partial charge in [-0.3, -0.25) is 4.79 Å². The Labute approximate surface area is 91.3 Å². The molecule has 0 saturated heterocycles. The van der Waals surface area contributed by atoms with E-state index in [-0.39, 0.29) is 3.79 Å². The lowest BCUT2D eigenvalue weighted by atomic mass is 10.3. The van der Waals surface area contributed by atoms with Crippen LogP contribution in [0.4, 0.5) is 0 Å². The number of aromatic nitrogens is 2. The normalized spacial score (nSPS) is 9.73. The summed E-state index contributed by atoms with van der Waals surface area (Å²) in [6, 6.07) is 0. The third-order valence-electron chi connectivity index (χ3n) is 1.21. The average Bonchev–Trinajstić information content (AvgIpc) is 1.94. The minimum atomic E-state index is -0.0413. The fourth-order valence-electron chi connectivity index (χ4n) is 0.627. The third-order valence-corrected chi connectivity index (χ3v) is 2.81. The summed E-state index contributed by atoms with van der Waals surface area (Å²) >= 11 is 3.79. The lowest BCUT2D eigenvalue weighted by Crippen LogP contribution is -2.00. The lowest BCUT2D eigenvalue weighted by Gasteiger charge is -1.99. The zero-order valence-electron chi connectivity index (χ0n) is 5.64. The van der Waals surface area contributed by atoms with Gasteiger partial charge in [0.1, 0.15) is 15.7 Å². The van der Waals surface area contributed by atoms with Crippen LogP contribution in [-0.2, 0) is 0 Å². The molecule has 0 aliphatic rings. The van der Waals surface area contributed by atoms with Gasteiger partial charge in [0, 0.05) is 28.2 Å². The number of carbonyl (C=O) groups is 1. The molecule has 3 nitrogen and oxygen atoms in total. The molecular formula is C6H4I2N2O. The van der Waals surface area contributed by atoms with Crippen molar-refractivity contribution in [3.8, 4) is 0 Å². The molecule has 5 heteroatoms. The molecule has 58 valence electrons. The van der Waals surface area contributed by atoms with Gasteiger partial charge < -0.3 is 0 Å². The highest BCUT2D eigenvalue weighted by Gasteiger charge is 2.08. The Hall–Kier alpha value is 0.210. The standard InChI is InChI=1S/C6H4I2N2O/c1-3-4(6(8)11)9-2-10-5(3)7/h2H,1H3. The maximum Gasteiger partial charge on any atom is 0.241 e. The molecule has 0 N–H and O–H groups in total. The predicted molar refractivity (Wildman–Crippen MR) is 57.8 cm³/mol. The summed E-state index contributed by atoms with van der Waals surface area (Å²) in [5.74, 6) is 0. The summed E-state index contributed by atoms with van der Waals surface area (Å²) in [5.41, 5.74) is 1.36. The molecule has 0 aliphatic carbocycles. The van der Waals surface area contributed by atoms with Crippen molar-refractivity contribution in [3.05, 3.63) is 21.3 Å². The topological polar surface area (TPSA) is 42.9 Å². The number of carbonyl (C=O) groups excluding carboxylic acids is 1. The summed E-state index contributed by atoms with van der Waals surface area (Å²) in [7, 11) is 0. The van der Waals surface area contributed by atoms with Gasteiger partial charge in [-0.25, -0.2) is 9.97 Å². The van der Waals surface area contributed by atoms with Crippen LogP contribution in [0.3, 0.4) is 0 Å². The monoisotopic (exact) mass is 374 g/mol. The van der Waals surface area contributed by atoms with Gasteiger partial charge in [-0.1, -0.05) is 0 Å². The van der Waals surface area contributed by atoms with Crippen molar-refractivity contribution in [2.24, 2.45) is 0 Å². The van der Waals surface area contributed by atoms with Gasteiger partial charge in [-0.15, -0.1) is 0 Å². The summed E-state index contributed by atoms with van der Waals surface area (Å²) in [6.07, 6.45) is 1.40. The molecule has 1 aromatic rings. The van der Waals surface area contributed by atoms with Crippen LogP contribution >= 0.6 is 45.2 Å². The van der Waals surface area contributed by atoms with Crippen LogP contribution in [0.2, 0.25) is 0 Å². The van der Waals surface area contributed by atoms with Crippen LogP contribution in [-0.4, -0.2) is 13.8 Å². The largest absolute Gasteiger partial charge is 0.280 e. The summed E-state index contributed by atoms with van der Waals surface area (Å²) in [6.45, 7) is 1.84. The van der Waals surface area contributed by atoms with Crippen LogP contribution in [0.15, 0.2) is 6.33 Å². The summed E-state index contributed by atoms with van der Waals surface area (Å²) in [5, 5.41) is 0. The molecule has 0 aliphatic heterocycles. The van der Waals surface area contributed by atoms with Crippen LogP contribution in [0, 0.1) is 10.6 Å². The molecule has 1 aromatic heterocycles. The number of halogens is 2. The number of rotatable bonds is 1. The number of hydrogen-bond donors (Lipinski definition) is 0. The molecule has 0 saturated carbocycles. The van der Waals surface area contributed by atoms with Crippen LogP contribution < -0.4 is 0 Å². The second kappa shape index (κ2) is 3.74. The molecule has 0 radical (unpaired) electrons. The van der Waals surface area contributed by atoms with Gasteiger partial charge in [0.25, 0.3) is 0 Å². The Balaban J connectivity index is 3.27. The maximum absolute atomic E-state index is 10.9. The SMILES string of the molecule is Cc1c(I)ncnc1C(=O)I. The average molecular weight is 374 g/mol. The van der Waals surface area contributed by atoms with E-state index in [2.05, 4.69) is 32.6 Å².